The molecule has 2 aliphatic rings. The van der Waals surface area contributed by atoms with E-state index in [4.69, 9.17) is 4.74 Å². The van der Waals surface area contributed by atoms with Crippen molar-refractivity contribution in [2.75, 3.05) is 7.11 Å². The highest BCUT2D eigenvalue weighted by Gasteiger charge is 2.51. The van der Waals surface area contributed by atoms with Crippen LogP contribution in [0, 0.1) is 12.8 Å². The van der Waals surface area contributed by atoms with Gasteiger partial charge in [-0.25, -0.2) is 10.9 Å². The van der Waals surface area contributed by atoms with Gasteiger partial charge < -0.3 is 10.1 Å². The Bertz CT molecular complexity index is 759. The third kappa shape index (κ3) is 2.46. The first kappa shape index (κ1) is 15.2. The summed E-state index contributed by atoms with van der Waals surface area (Å²) in [6, 6.07) is 16.2. The molecule has 0 aromatic heterocycles. The number of ether oxygens (including phenoxy) is 1. The number of fused-ring (bicyclic) bond motifs is 1. The molecule has 2 fully saturated rings. The minimum Gasteiger partial charge on any atom is -0.497 e. The van der Waals surface area contributed by atoms with Crippen molar-refractivity contribution in [1.82, 2.24) is 16.2 Å². The number of carbonyl (C=O) groups is 1. The van der Waals surface area contributed by atoms with E-state index in [1.165, 1.54) is 11.1 Å². The van der Waals surface area contributed by atoms with Crippen LogP contribution >= 0.6 is 0 Å². The third-order valence-electron chi connectivity index (χ3n) is 5.02. The van der Waals surface area contributed by atoms with Gasteiger partial charge >= 0.3 is 0 Å². The zero-order chi connectivity index (χ0) is 16.7. The molecule has 4 atom stereocenters. The van der Waals surface area contributed by atoms with Crippen LogP contribution in [-0.4, -0.2) is 19.1 Å². The van der Waals surface area contributed by atoms with Crippen molar-refractivity contribution in [1.29, 1.82) is 0 Å². The summed E-state index contributed by atoms with van der Waals surface area (Å²) < 4.78 is 5.33. The molecule has 2 heterocycles. The maximum Gasteiger partial charge on any atom is 0.239 e. The van der Waals surface area contributed by atoms with Gasteiger partial charge in [-0.2, -0.15) is 0 Å². The topological polar surface area (TPSA) is 62.4 Å². The number of hydrazine groups is 1. The summed E-state index contributed by atoms with van der Waals surface area (Å²) in [6.45, 7) is 2.08. The number of nitrogens with one attached hydrogen (secondary N) is 3. The fourth-order valence-electron chi connectivity index (χ4n) is 3.75. The number of hydrogen-bond acceptors (Lipinski definition) is 4. The molecule has 3 N–H and O–H groups in total. The van der Waals surface area contributed by atoms with Gasteiger partial charge in [-0.3, -0.25) is 4.79 Å². The molecule has 4 unspecified atom stereocenters. The van der Waals surface area contributed by atoms with E-state index in [-0.39, 0.29) is 30.0 Å². The summed E-state index contributed by atoms with van der Waals surface area (Å²) in [7, 11) is 1.66. The number of rotatable bonds is 3. The Balaban J connectivity index is 1.70. The Kier molecular flexibility index (Phi) is 3.75. The fourth-order valence-corrected chi connectivity index (χ4v) is 3.75. The SMILES string of the molecule is COc1cccc(C2NC(=O)C3NNC(c4ccc(C)cc4)C32)c1. The Labute approximate surface area is 141 Å². The number of carbonyl (C=O) groups excluding carboxylic acids is 1. The van der Waals surface area contributed by atoms with Crippen LogP contribution < -0.4 is 20.9 Å². The second-order valence-corrected chi connectivity index (χ2v) is 6.49. The molecular weight excluding hydrogens is 302 g/mol. The van der Waals surface area contributed by atoms with E-state index in [0.29, 0.717) is 0 Å². The van der Waals surface area contributed by atoms with Gasteiger partial charge in [0.1, 0.15) is 11.8 Å². The fraction of sp³-hybridized carbons (Fsp3) is 0.316. The van der Waals surface area contributed by atoms with Crippen LogP contribution in [0.15, 0.2) is 48.5 Å². The Morgan fingerprint density at radius 1 is 0.917 bits per heavy atom. The summed E-state index contributed by atoms with van der Waals surface area (Å²) in [5, 5.41) is 3.14. The third-order valence-corrected chi connectivity index (χ3v) is 5.02. The molecule has 1 amide bonds. The lowest BCUT2D eigenvalue weighted by molar-refractivity contribution is -0.121. The molecule has 2 saturated heterocycles. The molecule has 24 heavy (non-hydrogen) atoms. The zero-order valence-corrected chi connectivity index (χ0v) is 13.7. The molecule has 124 valence electrons. The van der Waals surface area contributed by atoms with E-state index in [1.807, 2.05) is 24.3 Å². The minimum absolute atomic E-state index is 0.0370. The van der Waals surface area contributed by atoms with Gasteiger partial charge in [0.2, 0.25) is 5.91 Å². The quantitative estimate of drug-likeness (QED) is 0.809. The van der Waals surface area contributed by atoms with Crippen LogP contribution in [0.2, 0.25) is 0 Å². The van der Waals surface area contributed by atoms with Gasteiger partial charge in [0, 0.05) is 5.92 Å². The molecule has 0 bridgehead atoms. The van der Waals surface area contributed by atoms with E-state index in [0.717, 1.165) is 11.3 Å². The van der Waals surface area contributed by atoms with Crippen molar-refractivity contribution in [2.45, 2.75) is 25.0 Å². The van der Waals surface area contributed by atoms with Crippen molar-refractivity contribution in [3.05, 3.63) is 65.2 Å². The monoisotopic (exact) mass is 323 g/mol. The molecule has 0 aliphatic carbocycles. The molecule has 5 nitrogen and oxygen atoms in total. The van der Waals surface area contributed by atoms with Crippen LogP contribution in [-0.2, 0) is 4.79 Å². The second-order valence-electron chi connectivity index (χ2n) is 6.49. The maximum atomic E-state index is 12.4. The van der Waals surface area contributed by atoms with E-state index >= 15 is 0 Å². The van der Waals surface area contributed by atoms with Crippen molar-refractivity contribution in [3.63, 3.8) is 0 Å². The van der Waals surface area contributed by atoms with Gasteiger partial charge in [-0.05, 0) is 30.2 Å². The Hall–Kier alpha value is -2.37. The molecule has 0 spiro atoms. The van der Waals surface area contributed by atoms with Gasteiger partial charge in [0.15, 0.2) is 0 Å². The zero-order valence-electron chi connectivity index (χ0n) is 13.7. The Morgan fingerprint density at radius 2 is 1.67 bits per heavy atom. The first-order chi connectivity index (χ1) is 11.7. The molecule has 0 radical (unpaired) electrons. The molecular formula is C19H21N3O2. The lowest BCUT2D eigenvalue weighted by Crippen LogP contribution is -2.39. The van der Waals surface area contributed by atoms with Crippen LogP contribution in [0.4, 0.5) is 0 Å². The van der Waals surface area contributed by atoms with Crippen molar-refractivity contribution < 1.29 is 9.53 Å². The maximum absolute atomic E-state index is 12.4. The average molecular weight is 323 g/mol. The Morgan fingerprint density at radius 3 is 2.42 bits per heavy atom. The van der Waals surface area contributed by atoms with Gasteiger partial charge in [0.05, 0.1) is 19.2 Å². The minimum atomic E-state index is -0.229. The summed E-state index contributed by atoms with van der Waals surface area (Å²) in [4.78, 5) is 12.4. The smallest absolute Gasteiger partial charge is 0.239 e. The van der Waals surface area contributed by atoms with Crippen LogP contribution in [0.3, 0.4) is 0 Å². The molecule has 2 aromatic rings. The number of aryl methyl sites for hydroxylation is 1. The molecule has 2 aromatic carbocycles. The highest BCUT2D eigenvalue weighted by molar-refractivity contribution is 5.86. The molecule has 5 heteroatoms. The van der Waals surface area contributed by atoms with E-state index in [1.54, 1.807) is 7.11 Å². The van der Waals surface area contributed by atoms with Crippen LogP contribution in [0.5, 0.6) is 5.75 Å². The van der Waals surface area contributed by atoms with Crippen molar-refractivity contribution in [2.24, 2.45) is 5.92 Å². The van der Waals surface area contributed by atoms with Crippen molar-refractivity contribution >= 4 is 5.91 Å². The van der Waals surface area contributed by atoms with Crippen LogP contribution in [0.25, 0.3) is 0 Å². The van der Waals surface area contributed by atoms with Crippen molar-refractivity contribution in [3.8, 4) is 5.75 Å². The molecule has 2 aliphatic heterocycles. The highest BCUT2D eigenvalue weighted by Crippen LogP contribution is 2.42. The lowest BCUT2D eigenvalue weighted by atomic mass is 9.83. The predicted molar refractivity (Wildman–Crippen MR) is 91.3 cm³/mol. The normalized spacial score (nSPS) is 28.5. The standard InChI is InChI=1S/C19H21N3O2/c1-11-6-8-12(9-7-11)17-15-16(20-19(23)18(15)22-21-17)13-4-3-5-14(10-13)24-2/h3-10,15-18,21-22H,1-2H3,(H,20,23). The highest BCUT2D eigenvalue weighted by atomic mass is 16.5. The average Bonchev–Trinajstić information content (AvgIpc) is 3.17. The summed E-state index contributed by atoms with van der Waals surface area (Å²) >= 11 is 0. The number of methoxy groups -OCH3 is 1. The van der Waals surface area contributed by atoms with E-state index in [2.05, 4.69) is 47.4 Å². The number of benzene rings is 2. The summed E-state index contributed by atoms with van der Waals surface area (Å²) in [6.07, 6.45) is 0. The predicted octanol–water partition coefficient (Wildman–Crippen LogP) is 2.01. The lowest BCUT2D eigenvalue weighted by Gasteiger charge is -2.24. The molecule has 0 saturated carbocycles. The van der Waals surface area contributed by atoms with E-state index < -0.39 is 0 Å². The summed E-state index contributed by atoms with van der Waals surface area (Å²) in [5.41, 5.74) is 9.96. The van der Waals surface area contributed by atoms with Gasteiger partial charge in [0.25, 0.3) is 0 Å². The summed E-state index contributed by atoms with van der Waals surface area (Å²) in [5.74, 6) is 0.943. The number of hydrogen-bond donors (Lipinski definition) is 3. The largest absolute Gasteiger partial charge is 0.497 e. The van der Waals surface area contributed by atoms with E-state index in [9.17, 15) is 4.79 Å². The number of amides is 1. The first-order valence-electron chi connectivity index (χ1n) is 8.19. The second kappa shape index (κ2) is 5.92. The first-order valence-corrected chi connectivity index (χ1v) is 8.19. The van der Waals surface area contributed by atoms with Crippen LogP contribution in [0.1, 0.15) is 28.8 Å². The van der Waals surface area contributed by atoms with Gasteiger partial charge in [-0.1, -0.05) is 42.0 Å². The molecule has 4 rings (SSSR count). The van der Waals surface area contributed by atoms with Gasteiger partial charge in [-0.15, -0.1) is 0 Å².